The van der Waals surface area contributed by atoms with Gasteiger partial charge in [-0.15, -0.1) is 0 Å². The van der Waals surface area contributed by atoms with Crippen LogP contribution in [0.25, 0.3) is 0 Å². The smallest absolute Gasteiger partial charge is 0.339 e. The van der Waals surface area contributed by atoms with E-state index < -0.39 is 5.97 Å². The van der Waals surface area contributed by atoms with E-state index in [2.05, 4.69) is 15.9 Å². The molecule has 3 nitrogen and oxygen atoms in total. The van der Waals surface area contributed by atoms with Crippen LogP contribution in [-0.2, 0) is 4.74 Å². The molecule has 0 aliphatic carbocycles. The molecule has 0 saturated carbocycles. The molecule has 1 rings (SSSR count). The maximum Gasteiger partial charge on any atom is 0.339 e. The van der Waals surface area contributed by atoms with Gasteiger partial charge in [-0.1, -0.05) is 11.6 Å². The van der Waals surface area contributed by atoms with Gasteiger partial charge in [0.25, 0.3) is 0 Å². The lowest BCUT2D eigenvalue weighted by molar-refractivity contribution is 0.0525. The van der Waals surface area contributed by atoms with Crippen LogP contribution < -0.4 is 0 Å². The Morgan fingerprint density at radius 3 is 2.87 bits per heavy atom. The minimum atomic E-state index is -0.497. The summed E-state index contributed by atoms with van der Waals surface area (Å²) in [7, 11) is 0. The third-order valence-corrected chi connectivity index (χ3v) is 3.03. The zero-order valence-electron chi connectivity index (χ0n) is 7.88. The van der Waals surface area contributed by atoms with E-state index in [1.54, 1.807) is 6.92 Å². The van der Waals surface area contributed by atoms with E-state index in [-0.39, 0.29) is 12.2 Å². The van der Waals surface area contributed by atoms with E-state index in [4.69, 9.17) is 21.6 Å². The van der Waals surface area contributed by atoms with Crippen molar-refractivity contribution < 1.29 is 9.53 Å². The van der Waals surface area contributed by atoms with Gasteiger partial charge in [0.1, 0.15) is 0 Å². The summed E-state index contributed by atoms with van der Waals surface area (Å²) in [6, 6.07) is 4.84. The zero-order valence-corrected chi connectivity index (χ0v) is 10.2. The number of nitrogens with zero attached hydrogens (tertiary/aromatic N) is 1. The SMILES string of the molecule is CCOC(=O)c1cc(C#N)cc(Cl)c1Br. The normalized spacial score (nSPS) is 9.47. The molecule has 1 aromatic rings. The first-order valence-electron chi connectivity index (χ1n) is 4.16. The lowest BCUT2D eigenvalue weighted by atomic mass is 10.1. The summed E-state index contributed by atoms with van der Waals surface area (Å²) in [5.74, 6) is -0.497. The molecular formula is C10H7BrClNO2. The van der Waals surface area contributed by atoms with Gasteiger partial charge >= 0.3 is 5.97 Å². The molecule has 78 valence electrons. The Balaban J connectivity index is 3.23. The number of carbonyl (C=O) groups is 1. The van der Waals surface area contributed by atoms with Gasteiger partial charge in [-0.05, 0) is 35.0 Å². The molecular weight excluding hydrogens is 281 g/mol. The topological polar surface area (TPSA) is 50.1 Å². The third kappa shape index (κ3) is 2.71. The van der Waals surface area contributed by atoms with Crippen LogP contribution in [0, 0.1) is 11.3 Å². The van der Waals surface area contributed by atoms with Gasteiger partial charge in [0.05, 0.1) is 33.3 Å². The second kappa shape index (κ2) is 5.15. The summed E-state index contributed by atoms with van der Waals surface area (Å²) in [4.78, 5) is 11.5. The highest BCUT2D eigenvalue weighted by Crippen LogP contribution is 2.28. The molecule has 0 spiro atoms. The van der Waals surface area contributed by atoms with Crippen molar-refractivity contribution in [1.82, 2.24) is 0 Å². The number of halogens is 2. The molecule has 0 radical (unpaired) electrons. The second-order valence-electron chi connectivity index (χ2n) is 2.65. The van der Waals surface area contributed by atoms with Crippen molar-refractivity contribution >= 4 is 33.5 Å². The number of hydrogen-bond acceptors (Lipinski definition) is 3. The molecule has 0 heterocycles. The summed E-state index contributed by atoms with van der Waals surface area (Å²) >= 11 is 9.01. The summed E-state index contributed by atoms with van der Waals surface area (Å²) in [5, 5.41) is 9.03. The van der Waals surface area contributed by atoms with E-state index in [0.29, 0.717) is 15.1 Å². The Morgan fingerprint density at radius 1 is 1.67 bits per heavy atom. The molecule has 0 amide bonds. The molecule has 0 aromatic heterocycles. The highest BCUT2D eigenvalue weighted by molar-refractivity contribution is 9.10. The van der Waals surface area contributed by atoms with Gasteiger partial charge in [-0.3, -0.25) is 0 Å². The molecule has 0 aliphatic rings. The third-order valence-electron chi connectivity index (χ3n) is 1.65. The fraction of sp³-hybridized carbons (Fsp3) is 0.200. The zero-order chi connectivity index (χ0) is 11.4. The standard InChI is InChI=1S/C10H7BrClNO2/c1-2-15-10(14)7-3-6(5-13)4-8(12)9(7)11/h3-4H,2H2,1H3. The second-order valence-corrected chi connectivity index (χ2v) is 3.85. The monoisotopic (exact) mass is 287 g/mol. The van der Waals surface area contributed by atoms with Crippen LogP contribution in [0.2, 0.25) is 5.02 Å². The number of nitriles is 1. The minimum absolute atomic E-state index is 0.265. The minimum Gasteiger partial charge on any atom is -0.462 e. The molecule has 0 atom stereocenters. The average Bonchev–Trinajstić information content (AvgIpc) is 2.22. The van der Waals surface area contributed by atoms with Crippen LogP contribution in [0.1, 0.15) is 22.8 Å². The highest BCUT2D eigenvalue weighted by atomic mass is 79.9. The van der Waals surface area contributed by atoms with Crippen LogP contribution in [0.3, 0.4) is 0 Å². The Morgan fingerprint density at radius 2 is 2.33 bits per heavy atom. The largest absolute Gasteiger partial charge is 0.462 e. The average molecular weight is 289 g/mol. The van der Waals surface area contributed by atoms with Crippen LogP contribution in [0.4, 0.5) is 0 Å². The fourth-order valence-corrected chi connectivity index (χ4v) is 1.62. The number of rotatable bonds is 2. The molecule has 1 aromatic carbocycles. The number of esters is 1. The van der Waals surface area contributed by atoms with Crippen molar-refractivity contribution in [2.75, 3.05) is 6.61 Å². The van der Waals surface area contributed by atoms with Crippen LogP contribution >= 0.6 is 27.5 Å². The number of carbonyl (C=O) groups excluding carboxylic acids is 1. The van der Waals surface area contributed by atoms with Crippen molar-refractivity contribution in [3.8, 4) is 6.07 Å². The van der Waals surface area contributed by atoms with E-state index in [1.165, 1.54) is 12.1 Å². The number of ether oxygens (including phenoxy) is 1. The predicted octanol–water partition coefficient (Wildman–Crippen LogP) is 3.15. The highest BCUT2D eigenvalue weighted by Gasteiger charge is 2.15. The van der Waals surface area contributed by atoms with Crippen molar-refractivity contribution in [2.45, 2.75) is 6.92 Å². The van der Waals surface area contributed by atoms with Crippen LogP contribution in [0.5, 0.6) is 0 Å². The van der Waals surface area contributed by atoms with E-state index >= 15 is 0 Å². The lowest BCUT2D eigenvalue weighted by Crippen LogP contribution is -2.06. The first kappa shape index (κ1) is 12.0. The molecule has 5 heteroatoms. The number of benzene rings is 1. The van der Waals surface area contributed by atoms with Gasteiger partial charge < -0.3 is 4.74 Å². The summed E-state index contributed by atoms with van der Waals surface area (Å²) in [6.45, 7) is 1.99. The summed E-state index contributed by atoms with van der Waals surface area (Å²) in [5.41, 5.74) is 0.590. The molecule has 0 aliphatic heterocycles. The maximum absolute atomic E-state index is 11.5. The number of hydrogen-bond donors (Lipinski definition) is 0. The van der Waals surface area contributed by atoms with Gasteiger partial charge in [-0.25, -0.2) is 4.79 Å². The van der Waals surface area contributed by atoms with Crippen LogP contribution in [-0.4, -0.2) is 12.6 Å². The van der Waals surface area contributed by atoms with Crippen molar-refractivity contribution in [3.63, 3.8) is 0 Å². The van der Waals surface area contributed by atoms with Gasteiger partial charge in [0.2, 0.25) is 0 Å². The molecule has 15 heavy (non-hydrogen) atoms. The predicted molar refractivity (Wildman–Crippen MR) is 59.8 cm³/mol. The van der Waals surface area contributed by atoms with Crippen molar-refractivity contribution in [2.24, 2.45) is 0 Å². The Hall–Kier alpha value is -1.05. The molecule has 0 N–H and O–H groups in total. The maximum atomic E-state index is 11.5. The quantitative estimate of drug-likeness (QED) is 0.786. The lowest BCUT2D eigenvalue weighted by Gasteiger charge is -2.05. The van der Waals surface area contributed by atoms with Crippen LogP contribution in [0.15, 0.2) is 16.6 Å². The molecule has 0 saturated heterocycles. The Kier molecular flexibility index (Phi) is 4.13. The molecule has 0 unspecified atom stereocenters. The van der Waals surface area contributed by atoms with E-state index in [9.17, 15) is 4.79 Å². The molecule has 0 bridgehead atoms. The Bertz CT molecular complexity index is 440. The summed E-state index contributed by atoms with van der Waals surface area (Å²) < 4.78 is 5.27. The van der Waals surface area contributed by atoms with Gasteiger partial charge in [0.15, 0.2) is 0 Å². The van der Waals surface area contributed by atoms with Crippen molar-refractivity contribution in [3.05, 3.63) is 32.8 Å². The molecule has 0 fully saturated rings. The fourth-order valence-electron chi connectivity index (χ4n) is 1.01. The van der Waals surface area contributed by atoms with Gasteiger partial charge in [0, 0.05) is 0 Å². The Labute approximate surface area is 101 Å². The first-order valence-corrected chi connectivity index (χ1v) is 5.33. The van der Waals surface area contributed by atoms with E-state index in [0.717, 1.165) is 0 Å². The first-order chi connectivity index (χ1) is 7.10. The van der Waals surface area contributed by atoms with Gasteiger partial charge in [-0.2, -0.15) is 5.26 Å². The van der Waals surface area contributed by atoms with E-state index in [1.807, 2.05) is 6.07 Å². The summed E-state index contributed by atoms with van der Waals surface area (Å²) in [6.07, 6.45) is 0. The van der Waals surface area contributed by atoms with Crippen molar-refractivity contribution in [1.29, 1.82) is 5.26 Å².